The summed E-state index contributed by atoms with van der Waals surface area (Å²) in [4.78, 5) is 48.5. The molecule has 0 aromatic heterocycles. The van der Waals surface area contributed by atoms with Gasteiger partial charge in [-0.25, -0.2) is 19.6 Å². The van der Waals surface area contributed by atoms with E-state index in [9.17, 15) is 19.2 Å². The molecule has 0 radical (unpaired) electrons. The first-order chi connectivity index (χ1) is 22.5. The molecule has 0 aliphatic rings. The number of thioether (sulfide) groups is 2. The lowest BCUT2D eigenvalue weighted by molar-refractivity contribution is -0.119. The van der Waals surface area contributed by atoms with Gasteiger partial charge in [-0.05, 0) is 31.9 Å². The Bertz CT molecular complexity index is 715. The number of hydrogen-bond donors (Lipinski definition) is 3. The second-order valence-corrected chi connectivity index (χ2v) is 12.5. The van der Waals surface area contributed by atoms with E-state index < -0.39 is 0 Å². The van der Waals surface area contributed by atoms with Crippen LogP contribution in [0.2, 0.25) is 0 Å². The predicted octanol–water partition coefficient (Wildman–Crippen LogP) is 5.22. The van der Waals surface area contributed by atoms with Crippen LogP contribution < -0.4 is 5.32 Å². The first kappa shape index (κ1) is 49.5. The Kier molecular flexibility index (Phi) is 52.3. The van der Waals surface area contributed by atoms with Gasteiger partial charge in [0.25, 0.3) is 0 Å². The average Bonchev–Trinajstić information content (AvgIpc) is 3.05. The molecule has 0 unspecified atom stereocenters. The van der Waals surface area contributed by atoms with Crippen LogP contribution in [0.25, 0.3) is 0 Å². The number of thiol groups is 2. The highest BCUT2D eigenvalue weighted by Gasteiger charge is 2.03. The molecule has 15 heteroatoms. The van der Waals surface area contributed by atoms with Gasteiger partial charge in [0.1, 0.15) is 0 Å². The first-order valence-corrected chi connectivity index (χ1v) is 19.6. The van der Waals surface area contributed by atoms with Crippen molar-refractivity contribution in [2.45, 2.75) is 71.1 Å². The van der Waals surface area contributed by atoms with Gasteiger partial charge < -0.3 is 24.3 Å². The Labute approximate surface area is 297 Å². The number of ether oxygens (including phenoxy) is 4. The monoisotopic (exact) mass is 729 g/mol. The fourth-order valence-corrected chi connectivity index (χ4v) is 4.48. The largest absolute Gasteiger partial charge is 0.378 e. The zero-order valence-electron chi connectivity index (χ0n) is 28.0. The number of hydrogen-bond acceptors (Lipinski definition) is 14. The van der Waals surface area contributed by atoms with Gasteiger partial charge in [0.15, 0.2) is 5.12 Å². The zero-order valence-corrected chi connectivity index (χ0v) is 31.5. The van der Waals surface area contributed by atoms with Gasteiger partial charge in [0, 0.05) is 42.9 Å². The SMILES string of the molecule is CSCCOCCOCCSC(=O)CCCCCCCNC(C)=O.O=C=NCCCCCCN=C=O.SCCOCCOCCS. The summed E-state index contributed by atoms with van der Waals surface area (Å²) in [6.07, 6.45) is 14.8. The standard InChI is InChI=1S/C17H33NO4S2.C8H12N2O2.C6H14O2S2/c1-16(19)18-9-7-5-3-4-6-8-17(20)24-15-13-22-11-10-21-12-14-23-2;11-7-9-5-3-1-2-4-6-10-8-12;9-5-3-7-1-2-8-4-6-10/h3-15H2,1-2H3,(H,18,19);1-6H2;9-10H,1-6H2. The highest BCUT2D eigenvalue weighted by Crippen LogP contribution is 2.11. The van der Waals surface area contributed by atoms with E-state index in [2.05, 4.69) is 46.8 Å². The molecule has 0 spiro atoms. The average molecular weight is 730 g/mol. The highest BCUT2D eigenvalue weighted by molar-refractivity contribution is 8.13. The van der Waals surface area contributed by atoms with Crippen LogP contribution >= 0.6 is 48.8 Å². The molecule has 0 heterocycles. The number of rotatable bonds is 31. The number of carbonyl (C=O) groups is 2. The van der Waals surface area contributed by atoms with Gasteiger partial charge in [-0.1, -0.05) is 43.9 Å². The molecule has 0 aliphatic heterocycles. The van der Waals surface area contributed by atoms with Gasteiger partial charge in [0.2, 0.25) is 18.1 Å². The Hall–Kier alpha value is -0.860. The van der Waals surface area contributed by atoms with E-state index in [0.717, 1.165) is 94.0 Å². The van der Waals surface area contributed by atoms with Crippen LogP contribution in [-0.2, 0) is 38.1 Å². The Morgan fingerprint density at radius 3 is 1.59 bits per heavy atom. The smallest absolute Gasteiger partial charge is 0.234 e. The predicted molar refractivity (Wildman–Crippen MR) is 198 cm³/mol. The summed E-state index contributed by atoms with van der Waals surface area (Å²) in [7, 11) is 0. The van der Waals surface area contributed by atoms with Crippen LogP contribution in [0, 0.1) is 0 Å². The molecule has 0 rings (SSSR count). The lowest BCUT2D eigenvalue weighted by Gasteiger charge is -2.05. The van der Waals surface area contributed by atoms with E-state index in [-0.39, 0.29) is 11.0 Å². The molecule has 1 N–H and O–H groups in total. The summed E-state index contributed by atoms with van der Waals surface area (Å²) in [6.45, 7) is 8.73. The molecule has 11 nitrogen and oxygen atoms in total. The molecule has 0 aromatic carbocycles. The molecule has 0 aliphatic carbocycles. The summed E-state index contributed by atoms with van der Waals surface area (Å²) in [5.41, 5.74) is 0. The van der Waals surface area contributed by atoms with E-state index >= 15 is 0 Å². The number of nitrogens with zero attached hydrogens (tertiary/aromatic N) is 2. The van der Waals surface area contributed by atoms with Crippen molar-refractivity contribution in [2.75, 3.05) is 102 Å². The zero-order chi connectivity index (χ0) is 34.6. The van der Waals surface area contributed by atoms with Gasteiger partial charge >= 0.3 is 0 Å². The van der Waals surface area contributed by atoms with Gasteiger partial charge in [0.05, 0.1) is 65.9 Å². The van der Waals surface area contributed by atoms with E-state index in [1.807, 2.05) is 0 Å². The van der Waals surface area contributed by atoms with Crippen molar-refractivity contribution in [3.8, 4) is 0 Å². The van der Waals surface area contributed by atoms with Crippen molar-refractivity contribution in [1.82, 2.24) is 5.32 Å². The fourth-order valence-electron chi connectivity index (χ4n) is 3.22. The number of nitrogens with one attached hydrogen (secondary N) is 1. The molecular formula is C31H59N3O8S4. The third kappa shape index (κ3) is 55.5. The van der Waals surface area contributed by atoms with E-state index in [4.69, 9.17) is 18.9 Å². The quantitative estimate of drug-likeness (QED) is 0.0377. The highest BCUT2D eigenvalue weighted by atomic mass is 32.2. The van der Waals surface area contributed by atoms with E-state index in [1.165, 1.54) is 30.8 Å². The maximum Gasteiger partial charge on any atom is 0.234 e. The lowest BCUT2D eigenvalue weighted by atomic mass is 10.1. The summed E-state index contributed by atoms with van der Waals surface area (Å²) in [5.74, 6) is 3.31. The number of isocyanates is 2. The number of amides is 1. The maximum atomic E-state index is 11.7. The van der Waals surface area contributed by atoms with E-state index in [1.54, 1.807) is 11.8 Å². The number of aliphatic imine (C=N–C) groups is 2. The molecule has 270 valence electrons. The van der Waals surface area contributed by atoms with Crippen molar-refractivity contribution in [3.05, 3.63) is 0 Å². The Morgan fingerprint density at radius 2 is 1.11 bits per heavy atom. The summed E-state index contributed by atoms with van der Waals surface area (Å²) >= 11 is 11.1. The molecule has 1 amide bonds. The minimum atomic E-state index is 0.0321. The molecule has 0 saturated heterocycles. The molecule has 0 bridgehead atoms. The van der Waals surface area contributed by atoms with Crippen LogP contribution in [0.4, 0.5) is 0 Å². The van der Waals surface area contributed by atoms with Crippen LogP contribution in [0.5, 0.6) is 0 Å². The van der Waals surface area contributed by atoms with Crippen molar-refractivity contribution in [2.24, 2.45) is 9.98 Å². The topological polar surface area (TPSA) is 142 Å². The molecule has 0 aromatic rings. The van der Waals surface area contributed by atoms with Gasteiger partial charge in [-0.15, -0.1) is 0 Å². The van der Waals surface area contributed by atoms with Gasteiger partial charge in [-0.2, -0.15) is 37.0 Å². The molecule has 0 fully saturated rings. The minimum absolute atomic E-state index is 0.0321. The third-order valence-corrected chi connectivity index (χ3v) is 7.33. The van der Waals surface area contributed by atoms with Gasteiger partial charge in [-0.3, -0.25) is 9.59 Å². The van der Waals surface area contributed by atoms with E-state index in [0.29, 0.717) is 65.8 Å². The molecular weight excluding hydrogens is 671 g/mol. The van der Waals surface area contributed by atoms with Crippen LogP contribution in [-0.4, -0.2) is 125 Å². The normalized spacial score (nSPS) is 10.0. The molecule has 0 atom stereocenters. The lowest BCUT2D eigenvalue weighted by Crippen LogP contribution is -2.20. The van der Waals surface area contributed by atoms with Crippen LogP contribution in [0.15, 0.2) is 9.98 Å². The maximum absolute atomic E-state index is 11.7. The third-order valence-electron chi connectivity index (χ3n) is 5.49. The van der Waals surface area contributed by atoms with Crippen LogP contribution in [0.1, 0.15) is 71.1 Å². The molecule has 46 heavy (non-hydrogen) atoms. The summed E-state index contributed by atoms with van der Waals surface area (Å²) < 4.78 is 21.0. The van der Waals surface area contributed by atoms with Crippen molar-refractivity contribution in [1.29, 1.82) is 0 Å². The Morgan fingerprint density at radius 1 is 0.652 bits per heavy atom. The minimum Gasteiger partial charge on any atom is -0.378 e. The second-order valence-electron chi connectivity index (χ2n) is 9.47. The fraction of sp³-hybridized carbons (Fsp3) is 0.871. The van der Waals surface area contributed by atoms with Crippen LogP contribution in [0.3, 0.4) is 0 Å². The molecule has 0 saturated carbocycles. The summed E-state index contributed by atoms with van der Waals surface area (Å²) in [5, 5.41) is 3.05. The number of carbonyl (C=O) groups excluding carboxylic acids is 4. The number of unbranched alkanes of at least 4 members (excludes halogenated alkanes) is 7. The van der Waals surface area contributed by atoms with Crippen molar-refractivity contribution < 1.29 is 38.1 Å². The van der Waals surface area contributed by atoms with Crippen molar-refractivity contribution in [3.63, 3.8) is 0 Å². The second kappa shape index (κ2) is 48.5. The first-order valence-electron chi connectivity index (χ1n) is 16.0. The Balaban J connectivity index is -0.000000696. The van der Waals surface area contributed by atoms with Crippen molar-refractivity contribution >= 4 is 72.0 Å². The summed E-state index contributed by atoms with van der Waals surface area (Å²) in [6, 6.07) is 0.